The van der Waals surface area contributed by atoms with E-state index in [4.69, 9.17) is 4.42 Å². The largest absolute Gasteiger partial charge is 0.422 e. The van der Waals surface area contributed by atoms with Gasteiger partial charge in [-0.05, 0) is 19.1 Å². The fourth-order valence-corrected chi connectivity index (χ4v) is 4.73. The van der Waals surface area contributed by atoms with Gasteiger partial charge in [-0.25, -0.2) is 9.78 Å². The number of piperazine rings is 1. The third-order valence-electron chi connectivity index (χ3n) is 5.33. The van der Waals surface area contributed by atoms with Crippen molar-refractivity contribution in [2.75, 3.05) is 40.3 Å². The summed E-state index contributed by atoms with van der Waals surface area (Å²) in [6.07, 6.45) is 0. The summed E-state index contributed by atoms with van der Waals surface area (Å²) in [4.78, 5) is 48.1. The smallest absolute Gasteiger partial charge is 0.349 e. The number of aromatic nitrogens is 1. The molecule has 1 fully saturated rings. The molecule has 0 unspecified atom stereocenters. The molecule has 0 radical (unpaired) electrons. The van der Waals surface area contributed by atoms with Gasteiger partial charge in [0.15, 0.2) is 0 Å². The Morgan fingerprint density at radius 1 is 1.16 bits per heavy atom. The Labute approximate surface area is 183 Å². The van der Waals surface area contributed by atoms with Crippen LogP contribution >= 0.6 is 11.3 Å². The predicted molar refractivity (Wildman–Crippen MR) is 119 cm³/mol. The van der Waals surface area contributed by atoms with E-state index in [9.17, 15) is 14.4 Å². The number of benzene rings is 1. The lowest BCUT2D eigenvalue weighted by Gasteiger charge is -2.34. The molecule has 0 aliphatic carbocycles. The number of thiazole rings is 1. The van der Waals surface area contributed by atoms with Gasteiger partial charge in [0.25, 0.3) is 11.8 Å². The molecule has 31 heavy (non-hydrogen) atoms. The van der Waals surface area contributed by atoms with Gasteiger partial charge in [0, 0.05) is 45.7 Å². The first-order chi connectivity index (χ1) is 14.8. The molecule has 1 aliphatic heterocycles. The summed E-state index contributed by atoms with van der Waals surface area (Å²) in [5.41, 5.74) is 0.673. The summed E-state index contributed by atoms with van der Waals surface area (Å²) in [6, 6.07) is 8.76. The second-order valence-corrected chi connectivity index (χ2v) is 8.86. The van der Waals surface area contributed by atoms with Crippen molar-refractivity contribution in [1.82, 2.24) is 19.7 Å². The highest BCUT2D eigenvalue weighted by Gasteiger charge is 2.26. The number of hydrogen-bond donors (Lipinski definition) is 0. The number of carbonyl (C=O) groups is 2. The molecule has 8 nitrogen and oxygen atoms in total. The number of para-hydroxylation sites is 1. The SMILES string of the molecule is Cc1nc(CN2CCN(C(=O)c3cc4ccccc4oc3=O)CC2)sc1C(=O)N(C)C. The summed E-state index contributed by atoms with van der Waals surface area (Å²) in [7, 11) is 3.46. The van der Waals surface area contributed by atoms with Gasteiger partial charge >= 0.3 is 5.63 Å². The highest BCUT2D eigenvalue weighted by Crippen LogP contribution is 2.22. The predicted octanol–water partition coefficient (Wildman–Crippen LogP) is 2.22. The van der Waals surface area contributed by atoms with E-state index >= 15 is 0 Å². The molecule has 162 valence electrons. The Morgan fingerprint density at radius 2 is 1.87 bits per heavy atom. The van der Waals surface area contributed by atoms with Crippen LogP contribution in [0.15, 0.2) is 39.5 Å². The standard InChI is InChI=1S/C22H24N4O4S/c1-14-19(21(28)24(2)3)31-18(23-14)13-25-8-10-26(11-9-25)20(27)16-12-15-6-4-5-7-17(15)30-22(16)29/h4-7,12H,8-11,13H2,1-3H3. The van der Waals surface area contributed by atoms with Gasteiger partial charge in [0.1, 0.15) is 21.0 Å². The maximum absolute atomic E-state index is 12.9. The van der Waals surface area contributed by atoms with Crippen LogP contribution in [0.2, 0.25) is 0 Å². The second kappa shape index (κ2) is 8.60. The summed E-state index contributed by atoms with van der Waals surface area (Å²) >= 11 is 1.42. The van der Waals surface area contributed by atoms with Crippen molar-refractivity contribution in [3.8, 4) is 0 Å². The van der Waals surface area contributed by atoms with E-state index in [1.54, 1.807) is 42.1 Å². The van der Waals surface area contributed by atoms with Gasteiger partial charge in [-0.15, -0.1) is 11.3 Å². The molecule has 9 heteroatoms. The minimum absolute atomic E-state index is 0.0362. The molecule has 0 saturated carbocycles. The maximum atomic E-state index is 12.9. The van der Waals surface area contributed by atoms with Crippen molar-refractivity contribution in [1.29, 1.82) is 0 Å². The molecule has 1 aromatic carbocycles. The summed E-state index contributed by atoms with van der Waals surface area (Å²) in [5.74, 6) is -0.339. The van der Waals surface area contributed by atoms with E-state index in [-0.39, 0.29) is 17.4 Å². The minimum Gasteiger partial charge on any atom is -0.422 e. The normalized spacial score (nSPS) is 14.7. The molecule has 3 aromatic rings. The first kappa shape index (κ1) is 21.2. The van der Waals surface area contributed by atoms with Gasteiger partial charge in [-0.3, -0.25) is 14.5 Å². The zero-order valence-corrected chi connectivity index (χ0v) is 18.6. The van der Waals surface area contributed by atoms with E-state index < -0.39 is 5.63 Å². The van der Waals surface area contributed by atoms with E-state index in [1.807, 2.05) is 19.1 Å². The van der Waals surface area contributed by atoms with Crippen LogP contribution in [-0.4, -0.2) is 71.8 Å². The van der Waals surface area contributed by atoms with E-state index in [2.05, 4.69) is 9.88 Å². The molecule has 0 bridgehead atoms. The van der Waals surface area contributed by atoms with Gasteiger partial charge < -0.3 is 14.2 Å². The quantitative estimate of drug-likeness (QED) is 0.578. The van der Waals surface area contributed by atoms with Crippen LogP contribution in [0, 0.1) is 6.92 Å². The molecule has 0 N–H and O–H groups in total. The minimum atomic E-state index is -0.609. The Kier molecular flexibility index (Phi) is 5.88. The van der Waals surface area contributed by atoms with Gasteiger partial charge in [0.2, 0.25) is 0 Å². The van der Waals surface area contributed by atoms with Crippen molar-refractivity contribution in [3.63, 3.8) is 0 Å². The van der Waals surface area contributed by atoms with Crippen LogP contribution in [0.5, 0.6) is 0 Å². The van der Waals surface area contributed by atoms with Gasteiger partial charge in [-0.2, -0.15) is 0 Å². The topological polar surface area (TPSA) is 87.0 Å². The van der Waals surface area contributed by atoms with Crippen LogP contribution in [0.25, 0.3) is 11.0 Å². The Hall–Kier alpha value is -3.04. The Balaban J connectivity index is 1.41. The van der Waals surface area contributed by atoms with Crippen molar-refractivity contribution >= 4 is 34.1 Å². The number of carbonyl (C=O) groups excluding carboxylic acids is 2. The van der Waals surface area contributed by atoms with Crippen LogP contribution in [0.3, 0.4) is 0 Å². The molecule has 0 atom stereocenters. The number of aryl methyl sites for hydroxylation is 1. The Bertz CT molecular complexity index is 1190. The summed E-state index contributed by atoms with van der Waals surface area (Å²) in [6.45, 7) is 4.84. The third kappa shape index (κ3) is 4.38. The van der Waals surface area contributed by atoms with Crippen LogP contribution in [-0.2, 0) is 6.54 Å². The molecule has 3 heterocycles. The average molecular weight is 441 g/mol. The lowest BCUT2D eigenvalue weighted by molar-refractivity contribution is 0.0624. The number of hydrogen-bond acceptors (Lipinski definition) is 7. The maximum Gasteiger partial charge on any atom is 0.349 e. The molecule has 4 rings (SSSR count). The zero-order chi connectivity index (χ0) is 22.1. The first-order valence-electron chi connectivity index (χ1n) is 10.1. The molecule has 0 spiro atoms. The fraction of sp³-hybridized carbons (Fsp3) is 0.364. The average Bonchev–Trinajstić information content (AvgIpc) is 3.12. The van der Waals surface area contributed by atoms with Crippen molar-refractivity contribution < 1.29 is 14.0 Å². The van der Waals surface area contributed by atoms with E-state index in [1.165, 1.54) is 11.3 Å². The van der Waals surface area contributed by atoms with E-state index in [0.717, 1.165) is 16.1 Å². The lowest BCUT2D eigenvalue weighted by atomic mass is 10.1. The zero-order valence-electron chi connectivity index (χ0n) is 17.8. The number of fused-ring (bicyclic) bond motifs is 1. The van der Waals surface area contributed by atoms with Gasteiger partial charge in [0.05, 0.1) is 12.2 Å². The number of nitrogens with zero attached hydrogens (tertiary/aromatic N) is 4. The molecule has 2 amide bonds. The molecule has 1 saturated heterocycles. The first-order valence-corrected chi connectivity index (χ1v) is 10.9. The number of amides is 2. The molecule has 1 aliphatic rings. The van der Waals surface area contributed by atoms with Crippen molar-refractivity contribution in [2.45, 2.75) is 13.5 Å². The monoisotopic (exact) mass is 440 g/mol. The summed E-state index contributed by atoms with van der Waals surface area (Å²) < 4.78 is 5.30. The summed E-state index contributed by atoms with van der Waals surface area (Å²) in [5, 5.41) is 1.61. The number of rotatable bonds is 4. The van der Waals surface area contributed by atoms with Crippen LogP contribution in [0.4, 0.5) is 0 Å². The van der Waals surface area contributed by atoms with E-state index in [0.29, 0.717) is 43.2 Å². The molecular formula is C22H24N4O4S. The fourth-order valence-electron chi connectivity index (χ4n) is 3.60. The van der Waals surface area contributed by atoms with Gasteiger partial charge in [-0.1, -0.05) is 18.2 Å². The molecular weight excluding hydrogens is 416 g/mol. The van der Waals surface area contributed by atoms with Crippen LogP contribution < -0.4 is 5.63 Å². The second-order valence-electron chi connectivity index (χ2n) is 7.78. The third-order valence-corrected chi connectivity index (χ3v) is 6.46. The Morgan fingerprint density at radius 3 is 2.58 bits per heavy atom. The lowest BCUT2D eigenvalue weighted by Crippen LogP contribution is -2.49. The van der Waals surface area contributed by atoms with Crippen molar-refractivity contribution in [3.05, 3.63) is 61.9 Å². The van der Waals surface area contributed by atoms with Crippen molar-refractivity contribution in [2.24, 2.45) is 0 Å². The highest BCUT2D eigenvalue weighted by molar-refractivity contribution is 7.13. The van der Waals surface area contributed by atoms with Crippen LogP contribution in [0.1, 0.15) is 30.7 Å². The molecule has 2 aromatic heterocycles. The highest BCUT2D eigenvalue weighted by atomic mass is 32.1.